The van der Waals surface area contributed by atoms with Crippen molar-refractivity contribution in [3.8, 4) is 5.75 Å². The van der Waals surface area contributed by atoms with Gasteiger partial charge in [-0.05, 0) is 25.5 Å². The van der Waals surface area contributed by atoms with Gasteiger partial charge in [-0.2, -0.15) is 0 Å². The minimum atomic E-state index is -0.427. The molecular formula is C16H26FNO2. The minimum absolute atomic E-state index is 0.206. The number of halogens is 1. The molecule has 0 fully saturated rings. The predicted molar refractivity (Wildman–Crippen MR) is 79.7 cm³/mol. The molecule has 0 aliphatic rings. The van der Waals surface area contributed by atoms with Crippen LogP contribution in [0.5, 0.6) is 5.75 Å². The third-order valence-electron chi connectivity index (χ3n) is 4.06. The first kappa shape index (κ1) is 16.9. The molecule has 0 bridgehead atoms. The zero-order chi connectivity index (χ0) is 15.2. The number of likely N-dealkylation sites (N-methyl/N-ethyl adjacent to an activating group) is 1. The Balaban J connectivity index is 3.33. The van der Waals surface area contributed by atoms with Gasteiger partial charge in [0.1, 0.15) is 0 Å². The summed E-state index contributed by atoms with van der Waals surface area (Å²) >= 11 is 0. The van der Waals surface area contributed by atoms with E-state index in [4.69, 9.17) is 9.47 Å². The van der Waals surface area contributed by atoms with Crippen molar-refractivity contribution in [3.63, 3.8) is 0 Å². The van der Waals surface area contributed by atoms with Crippen molar-refractivity contribution in [2.45, 2.75) is 45.3 Å². The van der Waals surface area contributed by atoms with E-state index in [1.165, 1.54) is 7.11 Å². The largest absolute Gasteiger partial charge is 0.494 e. The molecule has 0 heterocycles. The summed E-state index contributed by atoms with van der Waals surface area (Å²) in [6.45, 7) is 6.88. The fraction of sp³-hybridized carbons (Fsp3) is 0.625. The highest BCUT2D eigenvalue weighted by Crippen LogP contribution is 2.37. The number of hydrogen-bond acceptors (Lipinski definition) is 3. The number of methoxy groups -OCH3 is 2. The summed E-state index contributed by atoms with van der Waals surface area (Å²) in [6.07, 6.45) is 1.60. The molecule has 0 aliphatic heterocycles. The molecule has 0 radical (unpaired) electrons. The van der Waals surface area contributed by atoms with Gasteiger partial charge >= 0.3 is 0 Å². The lowest BCUT2D eigenvalue weighted by Crippen LogP contribution is -2.45. The minimum Gasteiger partial charge on any atom is -0.494 e. The molecule has 0 aliphatic carbocycles. The van der Waals surface area contributed by atoms with Gasteiger partial charge in [-0.15, -0.1) is 0 Å². The van der Waals surface area contributed by atoms with Gasteiger partial charge in [0.05, 0.1) is 18.8 Å². The zero-order valence-electron chi connectivity index (χ0n) is 13.1. The molecule has 1 aromatic rings. The maximum absolute atomic E-state index is 14.6. The van der Waals surface area contributed by atoms with E-state index in [9.17, 15) is 4.39 Å². The summed E-state index contributed by atoms with van der Waals surface area (Å²) in [5.41, 5.74) is 0.167. The molecule has 1 N–H and O–H groups in total. The first-order valence-electron chi connectivity index (χ1n) is 7.21. The van der Waals surface area contributed by atoms with Crippen LogP contribution in [0.15, 0.2) is 18.2 Å². The average molecular weight is 283 g/mol. The van der Waals surface area contributed by atoms with Crippen LogP contribution in [0.4, 0.5) is 4.39 Å². The van der Waals surface area contributed by atoms with E-state index in [1.54, 1.807) is 19.2 Å². The molecular weight excluding hydrogens is 257 g/mol. The van der Waals surface area contributed by atoms with Gasteiger partial charge in [-0.1, -0.05) is 32.9 Å². The standard InChI is InChI=1S/C16H26FNO2/c1-6-16(7-2,20-5)15(18-8-3)12-10-9-11-13(19-4)14(12)17/h9-11,15,18H,6-8H2,1-5H3. The number of hydrogen-bond donors (Lipinski definition) is 1. The summed E-state index contributed by atoms with van der Waals surface area (Å²) in [5.74, 6) is -0.0492. The molecule has 4 heteroatoms. The summed E-state index contributed by atoms with van der Waals surface area (Å²) in [4.78, 5) is 0. The van der Waals surface area contributed by atoms with Gasteiger partial charge in [0.25, 0.3) is 0 Å². The molecule has 0 amide bonds. The number of ether oxygens (including phenoxy) is 2. The molecule has 0 saturated carbocycles. The Bertz CT molecular complexity index is 411. The van der Waals surface area contributed by atoms with Gasteiger partial charge < -0.3 is 14.8 Å². The summed E-state index contributed by atoms with van der Waals surface area (Å²) in [6, 6.07) is 5.04. The van der Waals surface area contributed by atoms with Crippen molar-refractivity contribution in [1.82, 2.24) is 5.32 Å². The molecule has 0 aromatic heterocycles. The van der Waals surface area contributed by atoms with Crippen LogP contribution in [0.2, 0.25) is 0 Å². The second kappa shape index (κ2) is 7.60. The summed E-state index contributed by atoms with van der Waals surface area (Å²) in [7, 11) is 3.17. The normalized spacial score (nSPS) is 13.3. The highest BCUT2D eigenvalue weighted by Gasteiger charge is 2.38. The third kappa shape index (κ3) is 3.13. The Morgan fingerprint density at radius 1 is 1.20 bits per heavy atom. The zero-order valence-corrected chi connectivity index (χ0v) is 13.1. The lowest BCUT2D eigenvalue weighted by molar-refractivity contribution is -0.0491. The molecule has 0 spiro atoms. The molecule has 1 unspecified atom stereocenters. The van der Waals surface area contributed by atoms with Crippen LogP contribution >= 0.6 is 0 Å². The van der Waals surface area contributed by atoms with Crippen LogP contribution in [0.25, 0.3) is 0 Å². The first-order chi connectivity index (χ1) is 9.60. The van der Waals surface area contributed by atoms with Crippen LogP contribution in [0.3, 0.4) is 0 Å². The molecule has 3 nitrogen and oxygen atoms in total. The van der Waals surface area contributed by atoms with E-state index in [1.807, 2.05) is 13.0 Å². The third-order valence-corrected chi connectivity index (χ3v) is 4.06. The van der Waals surface area contributed by atoms with Crippen molar-refractivity contribution in [2.75, 3.05) is 20.8 Å². The Hall–Kier alpha value is -1.13. The van der Waals surface area contributed by atoms with Crippen molar-refractivity contribution < 1.29 is 13.9 Å². The molecule has 1 rings (SSSR count). The molecule has 20 heavy (non-hydrogen) atoms. The van der Waals surface area contributed by atoms with E-state index in [0.29, 0.717) is 5.56 Å². The number of benzene rings is 1. The number of nitrogens with one attached hydrogen (secondary N) is 1. The lowest BCUT2D eigenvalue weighted by atomic mass is 9.83. The molecule has 0 saturated heterocycles. The van der Waals surface area contributed by atoms with Gasteiger partial charge in [0.15, 0.2) is 11.6 Å². The lowest BCUT2D eigenvalue weighted by Gasteiger charge is -2.39. The van der Waals surface area contributed by atoms with Crippen molar-refractivity contribution >= 4 is 0 Å². The number of rotatable bonds is 8. The molecule has 114 valence electrons. The highest BCUT2D eigenvalue weighted by atomic mass is 19.1. The van der Waals surface area contributed by atoms with Gasteiger partial charge in [-0.25, -0.2) is 4.39 Å². The van der Waals surface area contributed by atoms with E-state index >= 15 is 0 Å². The Kier molecular flexibility index (Phi) is 6.43. The van der Waals surface area contributed by atoms with Gasteiger partial charge in [0, 0.05) is 12.7 Å². The van der Waals surface area contributed by atoms with E-state index < -0.39 is 5.60 Å². The van der Waals surface area contributed by atoms with Crippen LogP contribution in [-0.2, 0) is 4.74 Å². The maximum Gasteiger partial charge on any atom is 0.169 e. The predicted octanol–water partition coefficient (Wildman–Crippen LogP) is 3.69. The quantitative estimate of drug-likeness (QED) is 0.789. The van der Waals surface area contributed by atoms with Crippen molar-refractivity contribution in [2.24, 2.45) is 0 Å². The average Bonchev–Trinajstić information content (AvgIpc) is 2.49. The first-order valence-corrected chi connectivity index (χ1v) is 7.21. The summed E-state index contributed by atoms with van der Waals surface area (Å²) < 4.78 is 25.4. The van der Waals surface area contributed by atoms with Crippen molar-refractivity contribution in [3.05, 3.63) is 29.6 Å². The fourth-order valence-corrected chi connectivity index (χ4v) is 2.76. The maximum atomic E-state index is 14.6. The Labute approximate surface area is 121 Å². The van der Waals surface area contributed by atoms with Crippen molar-refractivity contribution in [1.29, 1.82) is 0 Å². The SMILES string of the molecule is CCNC(c1cccc(OC)c1F)C(CC)(CC)OC. The Morgan fingerprint density at radius 3 is 2.30 bits per heavy atom. The molecule has 1 atom stereocenters. The fourth-order valence-electron chi connectivity index (χ4n) is 2.76. The van der Waals surface area contributed by atoms with E-state index in [-0.39, 0.29) is 17.6 Å². The van der Waals surface area contributed by atoms with Crippen LogP contribution in [0, 0.1) is 5.82 Å². The van der Waals surface area contributed by atoms with Gasteiger partial charge in [0.2, 0.25) is 0 Å². The monoisotopic (exact) mass is 283 g/mol. The van der Waals surface area contributed by atoms with Gasteiger partial charge in [-0.3, -0.25) is 0 Å². The topological polar surface area (TPSA) is 30.5 Å². The van der Waals surface area contributed by atoms with Crippen LogP contribution in [0.1, 0.15) is 45.2 Å². The Morgan fingerprint density at radius 2 is 1.85 bits per heavy atom. The van der Waals surface area contributed by atoms with Crippen LogP contribution in [-0.4, -0.2) is 26.4 Å². The molecule has 1 aromatic carbocycles. The van der Waals surface area contributed by atoms with E-state index in [2.05, 4.69) is 19.2 Å². The smallest absolute Gasteiger partial charge is 0.169 e. The van der Waals surface area contributed by atoms with E-state index in [0.717, 1.165) is 19.4 Å². The second-order valence-electron chi connectivity index (χ2n) is 4.83. The summed E-state index contributed by atoms with van der Waals surface area (Å²) in [5, 5.41) is 3.36. The highest BCUT2D eigenvalue weighted by molar-refractivity contribution is 5.34. The second-order valence-corrected chi connectivity index (χ2v) is 4.83. The van der Waals surface area contributed by atoms with Crippen LogP contribution < -0.4 is 10.1 Å².